The van der Waals surface area contributed by atoms with Gasteiger partial charge in [0.2, 0.25) is 5.91 Å². The number of aliphatic hydroxyl groups is 1. The van der Waals surface area contributed by atoms with Gasteiger partial charge in [-0.25, -0.2) is 0 Å². The summed E-state index contributed by atoms with van der Waals surface area (Å²) in [6, 6.07) is -0.192. The lowest BCUT2D eigenvalue weighted by molar-refractivity contribution is -0.123. The van der Waals surface area contributed by atoms with Gasteiger partial charge in [-0.2, -0.15) is 0 Å². The normalized spacial score (nSPS) is 32.6. The van der Waals surface area contributed by atoms with E-state index in [1.165, 1.54) is 19.3 Å². The Bertz CT molecular complexity index is 215. The summed E-state index contributed by atoms with van der Waals surface area (Å²) in [4.78, 5) is 11.5. The number of amides is 1. The molecular formula is C10H17NO3. The van der Waals surface area contributed by atoms with Crippen LogP contribution < -0.4 is 5.32 Å². The van der Waals surface area contributed by atoms with Crippen molar-refractivity contribution in [1.82, 2.24) is 5.32 Å². The van der Waals surface area contributed by atoms with Crippen LogP contribution in [0.15, 0.2) is 0 Å². The highest BCUT2D eigenvalue weighted by Gasteiger charge is 2.29. The van der Waals surface area contributed by atoms with Crippen LogP contribution in [0.2, 0.25) is 0 Å². The third-order valence-electron chi connectivity index (χ3n) is 3.10. The summed E-state index contributed by atoms with van der Waals surface area (Å²) in [5.74, 6) is 0.638. The molecule has 14 heavy (non-hydrogen) atoms. The van der Waals surface area contributed by atoms with Crippen molar-refractivity contribution in [3.05, 3.63) is 0 Å². The van der Waals surface area contributed by atoms with Crippen molar-refractivity contribution in [1.29, 1.82) is 0 Å². The van der Waals surface area contributed by atoms with Gasteiger partial charge in [-0.15, -0.1) is 0 Å². The van der Waals surface area contributed by atoms with Crippen molar-refractivity contribution in [2.24, 2.45) is 5.92 Å². The van der Waals surface area contributed by atoms with E-state index in [0.717, 1.165) is 0 Å². The fraction of sp³-hybridized carbons (Fsp3) is 0.900. The lowest BCUT2D eigenvalue weighted by atomic mass is 9.83. The summed E-state index contributed by atoms with van der Waals surface area (Å²) in [5, 5.41) is 12.2. The highest BCUT2D eigenvalue weighted by atomic mass is 16.5. The first-order valence-electron chi connectivity index (χ1n) is 5.31. The van der Waals surface area contributed by atoms with E-state index in [1.807, 2.05) is 0 Å². The Kier molecular flexibility index (Phi) is 3.03. The first-order chi connectivity index (χ1) is 6.75. The van der Waals surface area contributed by atoms with Crippen molar-refractivity contribution >= 4 is 5.91 Å². The topological polar surface area (TPSA) is 58.6 Å². The van der Waals surface area contributed by atoms with Crippen LogP contribution >= 0.6 is 0 Å². The van der Waals surface area contributed by atoms with Gasteiger partial charge in [-0.3, -0.25) is 4.79 Å². The van der Waals surface area contributed by atoms with Gasteiger partial charge in [0, 0.05) is 6.42 Å². The molecule has 0 aromatic carbocycles. The largest absolute Gasteiger partial charge is 0.388 e. The molecule has 1 heterocycles. The van der Waals surface area contributed by atoms with Gasteiger partial charge in [0.15, 0.2) is 0 Å². The molecule has 1 amide bonds. The minimum absolute atomic E-state index is 0.0595. The number of aliphatic hydroxyl groups excluding tert-OH is 1. The maximum Gasteiger partial charge on any atom is 0.220 e. The van der Waals surface area contributed by atoms with E-state index in [2.05, 4.69) is 5.32 Å². The highest BCUT2D eigenvalue weighted by molar-refractivity contribution is 5.76. The Labute approximate surface area is 83.6 Å². The smallest absolute Gasteiger partial charge is 0.220 e. The van der Waals surface area contributed by atoms with Crippen molar-refractivity contribution in [3.8, 4) is 0 Å². The van der Waals surface area contributed by atoms with Crippen molar-refractivity contribution in [2.45, 2.75) is 37.8 Å². The number of nitrogens with one attached hydrogen (secondary N) is 1. The molecule has 1 saturated heterocycles. The lowest BCUT2D eigenvalue weighted by Gasteiger charge is -2.25. The van der Waals surface area contributed by atoms with Crippen molar-refractivity contribution in [2.75, 3.05) is 13.2 Å². The predicted octanol–water partition coefficient (Wildman–Crippen LogP) is 0.0525. The van der Waals surface area contributed by atoms with Gasteiger partial charge in [-0.05, 0) is 18.8 Å². The second-order valence-corrected chi connectivity index (χ2v) is 4.28. The lowest BCUT2D eigenvalue weighted by Crippen LogP contribution is -2.43. The number of rotatable bonds is 3. The maximum absolute atomic E-state index is 11.5. The van der Waals surface area contributed by atoms with E-state index < -0.39 is 6.10 Å². The van der Waals surface area contributed by atoms with E-state index in [9.17, 15) is 9.90 Å². The molecular weight excluding hydrogens is 182 g/mol. The summed E-state index contributed by atoms with van der Waals surface area (Å²) in [6.07, 6.45) is 3.70. The number of ether oxygens (including phenoxy) is 1. The van der Waals surface area contributed by atoms with E-state index in [1.54, 1.807) is 0 Å². The van der Waals surface area contributed by atoms with Gasteiger partial charge in [0.05, 0.1) is 25.4 Å². The Balaban J connectivity index is 1.70. The van der Waals surface area contributed by atoms with Crippen LogP contribution in [0, 0.1) is 5.92 Å². The first-order valence-corrected chi connectivity index (χ1v) is 5.31. The molecule has 0 bridgehead atoms. The molecule has 1 aliphatic heterocycles. The molecule has 0 aromatic rings. The van der Waals surface area contributed by atoms with Crippen LogP contribution in [0.3, 0.4) is 0 Å². The molecule has 1 saturated carbocycles. The summed E-state index contributed by atoms with van der Waals surface area (Å²) in [7, 11) is 0. The fourth-order valence-electron chi connectivity index (χ4n) is 1.91. The number of hydrogen-bond acceptors (Lipinski definition) is 3. The van der Waals surface area contributed by atoms with Gasteiger partial charge >= 0.3 is 0 Å². The van der Waals surface area contributed by atoms with E-state index in [4.69, 9.17) is 4.74 Å². The SMILES string of the molecule is O=C(CC1CCC1)NC1COCC1O. The van der Waals surface area contributed by atoms with Crippen LogP contribution in [0.1, 0.15) is 25.7 Å². The van der Waals surface area contributed by atoms with Crippen LogP contribution in [0.4, 0.5) is 0 Å². The summed E-state index contributed by atoms with van der Waals surface area (Å²) in [6.45, 7) is 0.784. The molecule has 2 fully saturated rings. The first kappa shape index (κ1) is 9.93. The van der Waals surface area contributed by atoms with Gasteiger partial charge in [-0.1, -0.05) is 6.42 Å². The Morgan fingerprint density at radius 3 is 2.71 bits per heavy atom. The molecule has 2 rings (SSSR count). The zero-order valence-electron chi connectivity index (χ0n) is 8.24. The standard InChI is InChI=1S/C10H17NO3/c12-9-6-14-5-8(9)11-10(13)4-7-2-1-3-7/h7-9,12H,1-6H2,(H,11,13). The van der Waals surface area contributed by atoms with Crippen LogP contribution in [0.5, 0.6) is 0 Å². The molecule has 1 aliphatic carbocycles. The monoisotopic (exact) mass is 199 g/mol. The molecule has 4 nitrogen and oxygen atoms in total. The highest BCUT2D eigenvalue weighted by Crippen LogP contribution is 2.29. The third kappa shape index (κ3) is 2.25. The second kappa shape index (κ2) is 4.28. The molecule has 0 radical (unpaired) electrons. The number of carbonyl (C=O) groups excluding carboxylic acids is 1. The van der Waals surface area contributed by atoms with Gasteiger partial charge < -0.3 is 15.2 Å². The molecule has 0 aromatic heterocycles. The van der Waals surface area contributed by atoms with Crippen LogP contribution in [-0.2, 0) is 9.53 Å². The molecule has 80 valence electrons. The van der Waals surface area contributed by atoms with E-state index in [-0.39, 0.29) is 11.9 Å². The zero-order chi connectivity index (χ0) is 9.97. The quantitative estimate of drug-likeness (QED) is 0.675. The fourth-order valence-corrected chi connectivity index (χ4v) is 1.91. The zero-order valence-corrected chi connectivity index (χ0v) is 8.24. The summed E-state index contributed by atoms with van der Waals surface area (Å²) >= 11 is 0. The minimum atomic E-state index is -0.527. The Hall–Kier alpha value is -0.610. The molecule has 2 unspecified atom stereocenters. The average molecular weight is 199 g/mol. The maximum atomic E-state index is 11.5. The van der Waals surface area contributed by atoms with Crippen molar-refractivity contribution < 1.29 is 14.6 Å². The summed E-state index contributed by atoms with van der Waals surface area (Å²) < 4.78 is 5.05. The van der Waals surface area contributed by atoms with E-state index in [0.29, 0.717) is 25.6 Å². The van der Waals surface area contributed by atoms with E-state index >= 15 is 0 Å². The average Bonchev–Trinajstić information content (AvgIpc) is 2.45. The molecule has 2 atom stereocenters. The van der Waals surface area contributed by atoms with Gasteiger partial charge in [0.25, 0.3) is 0 Å². The molecule has 2 N–H and O–H groups in total. The Morgan fingerprint density at radius 2 is 2.21 bits per heavy atom. The minimum Gasteiger partial charge on any atom is -0.388 e. The second-order valence-electron chi connectivity index (χ2n) is 4.28. The van der Waals surface area contributed by atoms with Crippen molar-refractivity contribution in [3.63, 3.8) is 0 Å². The predicted molar refractivity (Wildman–Crippen MR) is 50.7 cm³/mol. The Morgan fingerprint density at radius 1 is 1.43 bits per heavy atom. The van der Waals surface area contributed by atoms with Gasteiger partial charge in [0.1, 0.15) is 0 Å². The third-order valence-corrected chi connectivity index (χ3v) is 3.10. The molecule has 4 heteroatoms. The molecule has 0 spiro atoms. The molecule has 2 aliphatic rings. The summed E-state index contributed by atoms with van der Waals surface area (Å²) in [5.41, 5.74) is 0. The number of hydrogen-bond donors (Lipinski definition) is 2. The van der Waals surface area contributed by atoms with Crippen LogP contribution in [0.25, 0.3) is 0 Å². The number of carbonyl (C=O) groups is 1. The van der Waals surface area contributed by atoms with Crippen LogP contribution in [-0.4, -0.2) is 36.4 Å².